The van der Waals surface area contributed by atoms with Crippen molar-refractivity contribution in [2.45, 2.75) is 11.8 Å². The maximum Gasteiger partial charge on any atom is 0.0699 e. The van der Waals surface area contributed by atoms with Crippen molar-refractivity contribution in [1.82, 2.24) is 4.57 Å². The molecule has 0 atom stereocenters. The molecule has 1 aromatic heterocycles. The summed E-state index contributed by atoms with van der Waals surface area (Å²) in [5, 5.41) is 7.36. The Morgan fingerprint density at radius 2 is 0.792 bits per heavy atom. The molecule has 0 radical (unpaired) electrons. The van der Waals surface area contributed by atoms with Crippen LogP contribution in [0, 0.1) is 0 Å². The van der Waals surface area contributed by atoms with Crippen LogP contribution < -0.4 is 0 Å². The molecule has 13 aromatic rings. The topological polar surface area (TPSA) is 4.93 Å². The predicted molar refractivity (Wildman–Crippen MR) is 327 cm³/mol. The summed E-state index contributed by atoms with van der Waals surface area (Å²) in [6, 6.07) is 103. The molecule has 0 aliphatic heterocycles. The van der Waals surface area contributed by atoms with E-state index in [1.54, 1.807) is 0 Å². The first-order valence-electron chi connectivity index (χ1n) is 26.7. The van der Waals surface area contributed by atoms with Crippen LogP contribution in [0.3, 0.4) is 0 Å². The number of rotatable bonds is 8. The van der Waals surface area contributed by atoms with Crippen molar-refractivity contribution in [3.8, 4) is 50.2 Å². The zero-order valence-electron chi connectivity index (χ0n) is 42.7. The maximum atomic E-state index is 5.18. The minimum absolute atomic E-state index is 0.735. The van der Waals surface area contributed by atoms with E-state index in [-0.39, 0.29) is 0 Å². The molecule has 0 fully saturated rings. The van der Waals surface area contributed by atoms with E-state index < -0.39 is 5.41 Å². The molecule has 1 aliphatic carbocycles. The van der Waals surface area contributed by atoms with Crippen molar-refractivity contribution >= 4 is 48.9 Å². The first kappa shape index (κ1) is 45.8. The molecule has 77 heavy (non-hydrogen) atoms. The van der Waals surface area contributed by atoms with Crippen LogP contribution in [0.5, 0.6) is 0 Å². The monoisotopic (exact) mass is 979 g/mol. The van der Waals surface area contributed by atoms with Crippen LogP contribution in [0.25, 0.3) is 99.1 Å². The third-order valence-corrected chi connectivity index (χ3v) is 16.1. The second kappa shape index (κ2) is 19.1. The molecule has 1 aliphatic rings. The van der Waals surface area contributed by atoms with E-state index >= 15 is 0 Å². The summed E-state index contributed by atoms with van der Waals surface area (Å²) in [6.07, 6.45) is 7.80. The van der Waals surface area contributed by atoms with Gasteiger partial charge < -0.3 is 4.57 Å². The average Bonchev–Trinajstić information content (AvgIpc) is 3.92. The van der Waals surface area contributed by atoms with Crippen LogP contribution in [0.2, 0.25) is 0 Å². The minimum atomic E-state index is -0.769. The molecule has 0 saturated heterocycles. The zero-order valence-corrected chi connectivity index (χ0v) is 42.7. The molecule has 0 amide bonds. The van der Waals surface area contributed by atoms with Gasteiger partial charge in [0.15, 0.2) is 0 Å². The molecule has 362 valence electrons. The molecule has 1 nitrogen and oxygen atoms in total. The van der Waals surface area contributed by atoms with Crippen LogP contribution >= 0.6 is 0 Å². The first-order valence-corrected chi connectivity index (χ1v) is 26.7. The number of hydrogen-bond donors (Lipinski definition) is 0. The average molecular weight is 980 g/mol. The Hall–Kier alpha value is -9.82. The highest BCUT2D eigenvalue weighted by molar-refractivity contribution is 6.13. The summed E-state index contributed by atoms with van der Waals surface area (Å²) in [5.74, 6) is 0. The lowest BCUT2D eigenvalue weighted by Crippen LogP contribution is -2.32. The summed E-state index contributed by atoms with van der Waals surface area (Å²) in [4.78, 5) is 0. The normalized spacial score (nSPS) is 14.4. The largest absolute Gasteiger partial charge is 0.309 e. The molecular weight excluding hydrogens is 927 g/mol. The van der Waals surface area contributed by atoms with Gasteiger partial charge in [-0.1, -0.05) is 261 Å². The molecule has 0 bridgehead atoms. The Kier molecular flexibility index (Phi) is 11.4. The van der Waals surface area contributed by atoms with E-state index in [1.807, 2.05) is 0 Å². The lowest BCUT2D eigenvalue weighted by molar-refractivity contribution is 0.736. The number of benzene rings is 12. The summed E-state index contributed by atoms with van der Waals surface area (Å²) in [6.45, 7) is 5.18. The van der Waals surface area contributed by atoms with Crippen molar-refractivity contribution in [1.29, 1.82) is 0 Å². The van der Waals surface area contributed by atoms with Gasteiger partial charge in [-0.05, 0) is 154 Å². The van der Waals surface area contributed by atoms with Gasteiger partial charge in [-0.3, -0.25) is 0 Å². The molecule has 14 rings (SSSR count). The molecule has 0 saturated carbocycles. The van der Waals surface area contributed by atoms with Crippen molar-refractivity contribution in [2.24, 2.45) is 0 Å². The molecule has 1 heterocycles. The van der Waals surface area contributed by atoms with Crippen molar-refractivity contribution < 1.29 is 0 Å². The van der Waals surface area contributed by atoms with Gasteiger partial charge in [0, 0.05) is 16.5 Å². The smallest absolute Gasteiger partial charge is 0.0699 e. The van der Waals surface area contributed by atoms with Gasteiger partial charge in [0.2, 0.25) is 0 Å². The van der Waals surface area contributed by atoms with Crippen LogP contribution in [0.4, 0.5) is 0 Å². The van der Waals surface area contributed by atoms with E-state index in [0.717, 1.165) is 34.3 Å². The van der Waals surface area contributed by atoms with Crippen LogP contribution in [-0.4, -0.2) is 4.57 Å². The predicted octanol–water partition coefficient (Wildman–Crippen LogP) is 19.8. The molecule has 0 N–H and O–H groups in total. The van der Waals surface area contributed by atoms with Crippen LogP contribution in [0.1, 0.15) is 27.8 Å². The van der Waals surface area contributed by atoms with Gasteiger partial charge >= 0.3 is 0 Å². The first-order chi connectivity index (χ1) is 38.1. The Bertz CT molecular complexity index is 4250. The summed E-state index contributed by atoms with van der Waals surface area (Å²) in [7, 11) is 0. The number of fused-ring (bicyclic) bond motifs is 7. The fraction of sp³-hybridized carbons (Fsp3) is 0.0263. The Labute approximate surface area is 450 Å². The van der Waals surface area contributed by atoms with E-state index in [0.29, 0.717) is 0 Å². The molecule has 12 aromatic carbocycles. The van der Waals surface area contributed by atoms with Gasteiger partial charge in [-0.25, -0.2) is 0 Å². The van der Waals surface area contributed by atoms with E-state index in [9.17, 15) is 0 Å². The fourth-order valence-corrected chi connectivity index (χ4v) is 12.4. The highest BCUT2D eigenvalue weighted by Gasteiger charge is 2.41. The number of hydrogen-bond acceptors (Lipinski definition) is 0. The van der Waals surface area contributed by atoms with Crippen LogP contribution in [-0.2, 0) is 11.8 Å². The minimum Gasteiger partial charge on any atom is -0.309 e. The lowest BCUT2D eigenvalue weighted by Gasteiger charge is -2.39. The second-order valence-electron chi connectivity index (χ2n) is 20.4. The van der Waals surface area contributed by atoms with Crippen molar-refractivity contribution in [3.63, 3.8) is 0 Å². The quantitative estimate of drug-likeness (QED) is 0.134. The van der Waals surface area contributed by atoms with Gasteiger partial charge in [0.1, 0.15) is 0 Å². The lowest BCUT2D eigenvalue weighted by atomic mass is 9.63. The Morgan fingerprint density at radius 3 is 1.34 bits per heavy atom. The SMILES string of the molecule is C=C1/C=C(c2cc3ccccc3c3ccccc23)\C=C/Cc2ccc(-n3c4ccc(-c5ccc(-c6ccccc6)cc5)cc4c4cc(-c5ccc(-c6ccccc6)cc5)ccc43)cc2C1(c1ccccc1)c1ccccc1. The van der Waals surface area contributed by atoms with E-state index in [1.165, 1.54) is 105 Å². The van der Waals surface area contributed by atoms with E-state index in [4.69, 9.17) is 6.58 Å². The van der Waals surface area contributed by atoms with E-state index in [2.05, 4.69) is 302 Å². The molecule has 0 unspecified atom stereocenters. The van der Waals surface area contributed by atoms with Gasteiger partial charge in [0.05, 0.1) is 16.4 Å². The third kappa shape index (κ3) is 7.95. The van der Waals surface area contributed by atoms with Crippen LogP contribution in [0.15, 0.2) is 309 Å². The molecule has 1 heteroatoms. The fourth-order valence-electron chi connectivity index (χ4n) is 12.4. The van der Waals surface area contributed by atoms with Crippen molar-refractivity contribution in [3.05, 3.63) is 337 Å². The third-order valence-electron chi connectivity index (χ3n) is 16.1. The highest BCUT2D eigenvalue weighted by Crippen LogP contribution is 2.50. The number of aromatic nitrogens is 1. The van der Waals surface area contributed by atoms with Gasteiger partial charge in [0.25, 0.3) is 0 Å². The number of nitrogens with zero attached hydrogens (tertiary/aromatic N) is 1. The number of allylic oxidation sites excluding steroid dienone is 5. The molecular formula is C76H53N. The molecule has 0 spiro atoms. The van der Waals surface area contributed by atoms with Gasteiger partial charge in [-0.2, -0.15) is 0 Å². The Morgan fingerprint density at radius 1 is 0.351 bits per heavy atom. The second-order valence-corrected chi connectivity index (χ2v) is 20.4. The highest BCUT2D eigenvalue weighted by atomic mass is 15.0. The zero-order chi connectivity index (χ0) is 51.3. The standard InChI is InChI=1S/C76H53N/c1-52-47-62(70-50-63-23-14-15-30-67(63)68-31-16-17-32-69(68)70)25-18-24-59-41-44-66(51-73(59)76(52,64-26-10-4-11-27-64)65-28-12-5-13-29-65)77-74-45-42-60(57-37-33-55(34-38-57)53-19-6-2-7-20-53)48-71(74)72-49-61(43-46-75(72)77)58-39-35-56(36-40-58)54-21-8-3-9-22-54/h2-23,25-51H,1,24H2/b25-18-,62-47+. The van der Waals surface area contributed by atoms with Crippen molar-refractivity contribution in [2.75, 3.05) is 0 Å². The van der Waals surface area contributed by atoms with Gasteiger partial charge in [-0.15, -0.1) is 0 Å². The summed E-state index contributed by atoms with van der Waals surface area (Å²) >= 11 is 0. The summed E-state index contributed by atoms with van der Waals surface area (Å²) < 4.78 is 2.49. The summed E-state index contributed by atoms with van der Waals surface area (Å²) in [5.41, 5.74) is 20.3. The Balaban J connectivity index is 0.980. The maximum absolute atomic E-state index is 5.18.